The molecule has 3 rings (SSSR count). The lowest BCUT2D eigenvalue weighted by molar-refractivity contribution is -0.116. The zero-order valence-electron chi connectivity index (χ0n) is 18.4. The van der Waals surface area contributed by atoms with Crippen LogP contribution in [-0.4, -0.2) is 36.7 Å². The van der Waals surface area contributed by atoms with Crippen molar-refractivity contribution in [1.82, 2.24) is 9.29 Å². The Morgan fingerprint density at radius 2 is 1.75 bits per heavy atom. The van der Waals surface area contributed by atoms with E-state index in [1.807, 2.05) is 6.07 Å². The molecule has 1 aromatic carbocycles. The highest BCUT2D eigenvalue weighted by Gasteiger charge is 2.25. The summed E-state index contributed by atoms with van der Waals surface area (Å²) < 4.78 is 27.3. The molecule has 2 heterocycles. The van der Waals surface area contributed by atoms with Crippen molar-refractivity contribution in [1.29, 1.82) is 5.26 Å². The molecule has 0 aliphatic carbocycles. The summed E-state index contributed by atoms with van der Waals surface area (Å²) in [5.41, 5.74) is 2.15. The number of benzene rings is 1. The van der Waals surface area contributed by atoms with E-state index in [2.05, 4.69) is 10.3 Å². The molecule has 0 bridgehead atoms. The number of anilines is 1. The summed E-state index contributed by atoms with van der Waals surface area (Å²) in [5, 5.41) is 11.9. The van der Waals surface area contributed by atoms with Gasteiger partial charge in [-0.05, 0) is 68.5 Å². The van der Waals surface area contributed by atoms with Gasteiger partial charge in [-0.2, -0.15) is 9.57 Å². The number of nitrogens with zero attached hydrogens (tertiary/aromatic N) is 2. The molecule has 8 nitrogen and oxygen atoms in total. The number of nitrogens with one attached hydrogen (secondary N) is 2. The second-order valence-corrected chi connectivity index (χ2v) is 10.00. The molecule has 1 saturated heterocycles. The van der Waals surface area contributed by atoms with Crippen LogP contribution in [0.15, 0.2) is 34.0 Å². The molecule has 0 spiro atoms. The fraction of sp³-hybridized carbons (Fsp3) is 0.435. The maximum absolute atomic E-state index is 12.9. The van der Waals surface area contributed by atoms with Crippen LogP contribution in [0, 0.1) is 25.2 Å². The minimum atomic E-state index is -3.53. The molecule has 1 amide bonds. The first kappa shape index (κ1) is 23.7. The third-order valence-corrected chi connectivity index (χ3v) is 7.78. The van der Waals surface area contributed by atoms with Gasteiger partial charge in [0.15, 0.2) is 0 Å². The Kier molecular flexibility index (Phi) is 7.48. The quantitative estimate of drug-likeness (QED) is 0.692. The summed E-state index contributed by atoms with van der Waals surface area (Å²) in [6.45, 7) is 4.53. The number of carbonyl (C=O) groups excluding carboxylic acids is 1. The lowest BCUT2D eigenvalue weighted by Crippen LogP contribution is -2.31. The van der Waals surface area contributed by atoms with Crippen LogP contribution in [0.3, 0.4) is 0 Å². The molecule has 0 atom stereocenters. The molecule has 0 radical (unpaired) electrons. The number of amides is 1. The molecule has 2 N–H and O–H groups in total. The number of sulfonamides is 1. The Hall–Kier alpha value is -2.96. The van der Waals surface area contributed by atoms with E-state index in [1.165, 1.54) is 16.4 Å². The van der Waals surface area contributed by atoms with Gasteiger partial charge in [0, 0.05) is 30.9 Å². The molecule has 1 fully saturated rings. The molecule has 9 heteroatoms. The zero-order chi connectivity index (χ0) is 23.3. The number of rotatable bonds is 6. The molecule has 2 aromatic rings. The Labute approximate surface area is 188 Å². The predicted molar refractivity (Wildman–Crippen MR) is 122 cm³/mol. The van der Waals surface area contributed by atoms with E-state index < -0.39 is 15.6 Å². The van der Waals surface area contributed by atoms with Gasteiger partial charge in [-0.15, -0.1) is 0 Å². The number of aromatic nitrogens is 1. The second kappa shape index (κ2) is 10.1. The first-order chi connectivity index (χ1) is 15.2. The van der Waals surface area contributed by atoms with Crippen LogP contribution in [0.5, 0.6) is 0 Å². The monoisotopic (exact) mass is 456 g/mol. The van der Waals surface area contributed by atoms with Crippen LogP contribution < -0.4 is 10.9 Å². The zero-order valence-corrected chi connectivity index (χ0v) is 19.2. The summed E-state index contributed by atoms with van der Waals surface area (Å²) in [4.78, 5) is 27.1. The van der Waals surface area contributed by atoms with Crippen LogP contribution in [0.2, 0.25) is 0 Å². The van der Waals surface area contributed by atoms with Crippen molar-refractivity contribution < 1.29 is 13.2 Å². The minimum Gasteiger partial charge on any atom is -0.326 e. The van der Waals surface area contributed by atoms with Crippen molar-refractivity contribution in [2.24, 2.45) is 0 Å². The normalized spacial score (nSPS) is 15.0. The van der Waals surface area contributed by atoms with Gasteiger partial charge in [-0.1, -0.05) is 12.8 Å². The van der Waals surface area contributed by atoms with Crippen LogP contribution >= 0.6 is 0 Å². The van der Waals surface area contributed by atoms with Crippen molar-refractivity contribution in [2.45, 2.75) is 57.3 Å². The smallest absolute Gasteiger partial charge is 0.266 e. The number of nitriles is 1. The molecule has 32 heavy (non-hydrogen) atoms. The van der Waals surface area contributed by atoms with Crippen LogP contribution in [0.1, 0.15) is 54.5 Å². The van der Waals surface area contributed by atoms with E-state index in [-0.39, 0.29) is 22.8 Å². The molecular weight excluding hydrogens is 428 g/mol. The summed E-state index contributed by atoms with van der Waals surface area (Å²) >= 11 is 0. The summed E-state index contributed by atoms with van der Waals surface area (Å²) in [7, 11) is -3.53. The van der Waals surface area contributed by atoms with Gasteiger partial charge < -0.3 is 10.3 Å². The maximum Gasteiger partial charge on any atom is 0.266 e. The highest BCUT2D eigenvalue weighted by Crippen LogP contribution is 2.22. The molecule has 1 aliphatic rings. The second-order valence-electron chi connectivity index (χ2n) is 8.06. The summed E-state index contributed by atoms with van der Waals surface area (Å²) in [6, 6.07) is 8.12. The first-order valence-corrected chi connectivity index (χ1v) is 12.2. The largest absolute Gasteiger partial charge is 0.326 e. The fourth-order valence-corrected chi connectivity index (χ4v) is 5.54. The standard InChI is InChI=1S/C23H28N4O4S/c1-16-20(17(2)25-23(29)21(16)15-24)11-12-22(28)26-18-7-9-19(10-8-18)32(30,31)27-13-5-3-4-6-14-27/h7-10H,3-6,11-14H2,1-2H3,(H,25,29)(H,26,28). The minimum absolute atomic E-state index is 0.0622. The van der Waals surface area contributed by atoms with E-state index >= 15 is 0 Å². The van der Waals surface area contributed by atoms with Crippen molar-refractivity contribution in [2.75, 3.05) is 18.4 Å². The van der Waals surface area contributed by atoms with E-state index in [1.54, 1.807) is 26.0 Å². The van der Waals surface area contributed by atoms with Gasteiger partial charge in [0.1, 0.15) is 11.6 Å². The number of carbonyl (C=O) groups is 1. The van der Waals surface area contributed by atoms with Crippen molar-refractivity contribution >= 4 is 21.6 Å². The Bertz CT molecular complexity index is 1190. The molecule has 1 aromatic heterocycles. The Morgan fingerprint density at radius 1 is 1.12 bits per heavy atom. The van der Waals surface area contributed by atoms with Crippen molar-refractivity contribution in [3.63, 3.8) is 0 Å². The molecule has 170 valence electrons. The topological polar surface area (TPSA) is 123 Å². The van der Waals surface area contributed by atoms with Crippen molar-refractivity contribution in [3.05, 3.63) is 57.0 Å². The number of aromatic amines is 1. The number of pyridine rings is 1. The summed E-state index contributed by atoms with van der Waals surface area (Å²) in [5.74, 6) is -0.239. The fourth-order valence-electron chi connectivity index (χ4n) is 4.02. The number of aryl methyl sites for hydroxylation is 1. The van der Waals surface area contributed by atoms with Crippen LogP contribution in [-0.2, 0) is 21.2 Å². The third-order valence-electron chi connectivity index (χ3n) is 5.86. The lowest BCUT2D eigenvalue weighted by atomic mass is 9.99. The van der Waals surface area contributed by atoms with Gasteiger partial charge >= 0.3 is 0 Å². The van der Waals surface area contributed by atoms with Gasteiger partial charge in [0.25, 0.3) is 5.56 Å². The van der Waals surface area contributed by atoms with Gasteiger partial charge in [0.05, 0.1) is 4.90 Å². The van der Waals surface area contributed by atoms with E-state index in [0.29, 0.717) is 36.5 Å². The van der Waals surface area contributed by atoms with Crippen molar-refractivity contribution in [3.8, 4) is 6.07 Å². The molecule has 0 unspecified atom stereocenters. The Morgan fingerprint density at radius 3 is 2.34 bits per heavy atom. The number of H-pyrrole nitrogens is 1. The Balaban J connectivity index is 1.64. The number of hydrogen-bond acceptors (Lipinski definition) is 5. The van der Waals surface area contributed by atoms with Crippen LogP contribution in [0.25, 0.3) is 0 Å². The van der Waals surface area contributed by atoms with Gasteiger partial charge in [-0.3, -0.25) is 9.59 Å². The third kappa shape index (κ3) is 5.26. The maximum atomic E-state index is 12.9. The predicted octanol–water partition coefficient (Wildman–Crippen LogP) is 3.00. The average Bonchev–Trinajstić information content (AvgIpc) is 3.04. The van der Waals surface area contributed by atoms with E-state index in [9.17, 15) is 18.0 Å². The first-order valence-electron chi connectivity index (χ1n) is 10.8. The molecule has 1 aliphatic heterocycles. The summed E-state index contributed by atoms with van der Waals surface area (Å²) in [6.07, 6.45) is 4.37. The molecule has 0 saturated carbocycles. The average molecular weight is 457 g/mol. The van der Waals surface area contributed by atoms with E-state index in [0.717, 1.165) is 31.2 Å². The van der Waals surface area contributed by atoms with Crippen LogP contribution in [0.4, 0.5) is 5.69 Å². The highest BCUT2D eigenvalue weighted by molar-refractivity contribution is 7.89. The lowest BCUT2D eigenvalue weighted by Gasteiger charge is -2.20. The van der Waals surface area contributed by atoms with Gasteiger partial charge in [0.2, 0.25) is 15.9 Å². The van der Waals surface area contributed by atoms with Gasteiger partial charge in [-0.25, -0.2) is 8.42 Å². The van der Waals surface area contributed by atoms with E-state index in [4.69, 9.17) is 5.26 Å². The number of hydrogen-bond donors (Lipinski definition) is 2. The highest BCUT2D eigenvalue weighted by atomic mass is 32.2. The molecular formula is C23H28N4O4S. The SMILES string of the molecule is Cc1[nH]c(=O)c(C#N)c(C)c1CCC(=O)Nc1ccc(S(=O)(=O)N2CCCCCC2)cc1.